The topological polar surface area (TPSA) is 68.8 Å². The van der Waals surface area contributed by atoms with Crippen LogP contribution < -0.4 is 16.0 Å². The van der Waals surface area contributed by atoms with Crippen LogP contribution >= 0.6 is 0 Å². The van der Waals surface area contributed by atoms with E-state index in [0.29, 0.717) is 5.56 Å². The maximum atomic E-state index is 11.8. The molecule has 0 bridgehead atoms. The Morgan fingerprint density at radius 1 is 1.07 bits per heavy atom. The molecule has 0 aliphatic carbocycles. The van der Waals surface area contributed by atoms with Gasteiger partial charge in [-0.15, -0.1) is 0 Å². The van der Waals surface area contributed by atoms with Crippen molar-refractivity contribution in [3.8, 4) is 0 Å². The van der Waals surface area contributed by atoms with Gasteiger partial charge in [-0.25, -0.2) is 0 Å². The summed E-state index contributed by atoms with van der Waals surface area (Å²) >= 11 is 0. The highest BCUT2D eigenvalue weighted by Gasteiger charge is 2.15. The molecule has 0 unspecified atom stereocenters. The molecule has 1 aliphatic heterocycles. The number of carbonyl (C=O) groups is 1. The van der Waals surface area contributed by atoms with Gasteiger partial charge in [0, 0.05) is 52.4 Å². The second-order valence-corrected chi connectivity index (χ2v) is 7.25. The molecule has 0 fully saturated rings. The lowest BCUT2D eigenvalue weighted by atomic mass is 10.00. The average Bonchev–Trinajstić information content (AvgIpc) is 2.77. The molecule has 3 N–H and O–H groups in total. The fourth-order valence-electron chi connectivity index (χ4n) is 3.64. The van der Waals surface area contributed by atoms with Crippen LogP contribution in [-0.2, 0) is 19.4 Å². The number of nitrogens with zero attached hydrogens (tertiary/aromatic N) is 2. The second kappa shape index (κ2) is 10.6. The van der Waals surface area contributed by atoms with Crippen LogP contribution in [0.1, 0.15) is 27.0 Å². The number of benzene rings is 2. The van der Waals surface area contributed by atoms with E-state index in [9.17, 15) is 4.79 Å². The molecule has 154 valence electrons. The van der Waals surface area contributed by atoms with Crippen LogP contribution in [-0.4, -0.2) is 57.0 Å². The standard InChI is InChI=1S/C23H31N5O/c1-24-22(29)20-9-5-6-18(16-20)10-12-26-23(25-2)27-13-15-28-14-11-19-7-3-4-8-21(19)17-28/h3-9,16H,10-15,17H2,1-2H3,(H,24,29)(H2,25,26,27). The first-order valence-corrected chi connectivity index (χ1v) is 10.2. The Morgan fingerprint density at radius 2 is 1.86 bits per heavy atom. The third-order valence-electron chi connectivity index (χ3n) is 5.28. The Bertz CT molecular complexity index is 849. The van der Waals surface area contributed by atoms with Crippen LogP contribution in [0, 0.1) is 0 Å². The van der Waals surface area contributed by atoms with E-state index < -0.39 is 0 Å². The molecule has 6 nitrogen and oxygen atoms in total. The minimum Gasteiger partial charge on any atom is -0.356 e. The van der Waals surface area contributed by atoms with Gasteiger partial charge in [-0.1, -0.05) is 36.4 Å². The molecule has 0 radical (unpaired) electrons. The number of fused-ring (bicyclic) bond motifs is 1. The number of rotatable bonds is 7. The van der Waals surface area contributed by atoms with Gasteiger partial charge in [0.2, 0.25) is 0 Å². The van der Waals surface area contributed by atoms with Gasteiger partial charge in [0.1, 0.15) is 0 Å². The Balaban J connectivity index is 1.39. The molecule has 0 spiro atoms. The number of hydrogen-bond donors (Lipinski definition) is 3. The lowest BCUT2D eigenvalue weighted by molar-refractivity contribution is 0.0963. The highest BCUT2D eigenvalue weighted by atomic mass is 16.1. The van der Waals surface area contributed by atoms with E-state index in [0.717, 1.165) is 57.1 Å². The molecule has 1 amide bonds. The minimum atomic E-state index is -0.0578. The first kappa shape index (κ1) is 20.9. The molecule has 6 heteroatoms. The molecule has 0 saturated heterocycles. The fraction of sp³-hybridized carbons (Fsp3) is 0.391. The Morgan fingerprint density at radius 3 is 2.66 bits per heavy atom. The van der Waals surface area contributed by atoms with Gasteiger partial charge >= 0.3 is 0 Å². The number of guanidine groups is 1. The van der Waals surface area contributed by atoms with Gasteiger partial charge in [0.15, 0.2) is 5.96 Å². The Labute approximate surface area is 173 Å². The molecule has 3 rings (SSSR count). The van der Waals surface area contributed by atoms with Crippen molar-refractivity contribution in [1.29, 1.82) is 0 Å². The van der Waals surface area contributed by atoms with Crippen molar-refractivity contribution < 1.29 is 4.79 Å². The van der Waals surface area contributed by atoms with Crippen LogP contribution in [0.3, 0.4) is 0 Å². The highest BCUT2D eigenvalue weighted by Crippen LogP contribution is 2.17. The van der Waals surface area contributed by atoms with E-state index >= 15 is 0 Å². The zero-order valence-electron chi connectivity index (χ0n) is 17.4. The summed E-state index contributed by atoms with van der Waals surface area (Å²) < 4.78 is 0. The van der Waals surface area contributed by atoms with E-state index in [1.165, 1.54) is 11.1 Å². The van der Waals surface area contributed by atoms with Crippen molar-refractivity contribution >= 4 is 11.9 Å². The normalized spacial score (nSPS) is 14.2. The largest absolute Gasteiger partial charge is 0.356 e. The smallest absolute Gasteiger partial charge is 0.251 e. The summed E-state index contributed by atoms with van der Waals surface area (Å²) in [6.45, 7) is 4.73. The quantitative estimate of drug-likeness (QED) is 0.496. The van der Waals surface area contributed by atoms with Crippen molar-refractivity contribution in [3.05, 3.63) is 70.8 Å². The van der Waals surface area contributed by atoms with Crippen molar-refractivity contribution in [2.24, 2.45) is 4.99 Å². The van der Waals surface area contributed by atoms with Crippen molar-refractivity contribution in [2.45, 2.75) is 19.4 Å². The summed E-state index contributed by atoms with van der Waals surface area (Å²) in [4.78, 5) is 18.5. The van der Waals surface area contributed by atoms with Crippen LogP contribution in [0.2, 0.25) is 0 Å². The monoisotopic (exact) mass is 393 g/mol. The zero-order chi connectivity index (χ0) is 20.5. The van der Waals surface area contributed by atoms with E-state index in [1.54, 1.807) is 14.1 Å². The van der Waals surface area contributed by atoms with E-state index in [1.807, 2.05) is 24.3 Å². The van der Waals surface area contributed by atoms with Gasteiger partial charge in [-0.2, -0.15) is 0 Å². The van der Waals surface area contributed by atoms with Crippen LogP contribution in [0.5, 0.6) is 0 Å². The molecule has 1 heterocycles. The SMILES string of the molecule is CN=C(NCCc1cccc(C(=O)NC)c1)NCCN1CCc2ccccc2C1. The molecule has 2 aromatic carbocycles. The van der Waals surface area contributed by atoms with Crippen molar-refractivity contribution in [1.82, 2.24) is 20.9 Å². The summed E-state index contributed by atoms with van der Waals surface area (Å²) in [5.74, 6) is 0.752. The molecule has 1 aliphatic rings. The lowest BCUT2D eigenvalue weighted by Crippen LogP contribution is -2.43. The van der Waals surface area contributed by atoms with Crippen molar-refractivity contribution in [2.75, 3.05) is 40.3 Å². The van der Waals surface area contributed by atoms with E-state index in [4.69, 9.17) is 0 Å². The maximum absolute atomic E-state index is 11.8. The third kappa shape index (κ3) is 6.06. The van der Waals surface area contributed by atoms with Gasteiger partial charge in [-0.05, 0) is 41.7 Å². The third-order valence-corrected chi connectivity index (χ3v) is 5.28. The lowest BCUT2D eigenvalue weighted by Gasteiger charge is -2.28. The summed E-state index contributed by atoms with van der Waals surface area (Å²) in [6, 6.07) is 16.4. The minimum absolute atomic E-state index is 0.0578. The van der Waals surface area contributed by atoms with Crippen LogP contribution in [0.4, 0.5) is 0 Å². The highest BCUT2D eigenvalue weighted by molar-refractivity contribution is 5.94. The molecule has 0 saturated carbocycles. The van der Waals surface area contributed by atoms with E-state index in [2.05, 4.69) is 50.1 Å². The molecule has 0 aromatic heterocycles. The van der Waals surface area contributed by atoms with Crippen molar-refractivity contribution in [3.63, 3.8) is 0 Å². The molecular formula is C23H31N5O. The summed E-state index contributed by atoms with van der Waals surface area (Å²) in [6.07, 6.45) is 1.95. The number of nitrogens with one attached hydrogen (secondary N) is 3. The first-order chi connectivity index (χ1) is 14.2. The molecule has 29 heavy (non-hydrogen) atoms. The molecule has 2 aromatic rings. The summed E-state index contributed by atoms with van der Waals surface area (Å²) in [5.41, 5.74) is 4.74. The van der Waals surface area contributed by atoms with Gasteiger partial charge in [0.25, 0.3) is 5.91 Å². The van der Waals surface area contributed by atoms with Gasteiger partial charge in [0.05, 0.1) is 0 Å². The molecule has 0 atom stereocenters. The van der Waals surface area contributed by atoms with Gasteiger partial charge < -0.3 is 16.0 Å². The number of hydrogen-bond acceptors (Lipinski definition) is 3. The number of aliphatic imine (C=N–C) groups is 1. The average molecular weight is 394 g/mol. The second-order valence-electron chi connectivity index (χ2n) is 7.25. The fourth-order valence-corrected chi connectivity index (χ4v) is 3.64. The summed E-state index contributed by atoms with van der Waals surface area (Å²) in [7, 11) is 3.44. The number of carbonyl (C=O) groups excluding carboxylic acids is 1. The van der Waals surface area contributed by atoms with Crippen LogP contribution in [0.25, 0.3) is 0 Å². The van der Waals surface area contributed by atoms with Gasteiger partial charge in [-0.3, -0.25) is 14.7 Å². The first-order valence-electron chi connectivity index (χ1n) is 10.2. The van der Waals surface area contributed by atoms with E-state index in [-0.39, 0.29) is 5.91 Å². The zero-order valence-corrected chi connectivity index (χ0v) is 17.4. The maximum Gasteiger partial charge on any atom is 0.251 e. The molecular weight excluding hydrogens is 362 g/mol. The Kier molecular flexibility index (Phi) is 7.64. The summed E-state index contributed by atoms with van der Waals surface area (Å²) in [5, 5.41) is 9.41. The van der Waals surface area contributed by atoms with Crippen LogP contribution in [0.15, 0.2) is 53.5 Å². The predicted octanol–water partition coefficient (Wildman–Crippen LogP) is 1.81. The predicted molar refractivity (Wildman–Crippen MR) is 118 cm³/mol. The number of amides is 1. The Hall–Kier alpha value is -2.86.